The number of hydrogen-bond donors (Lipinski definition) is 2. The third-order valence-electron chi connectivity index (χ3n) is 4.29. The first-order valence-corrected chi connectivity index (χ1v) is 8.46. The molecule has 2 aromatic heterocycles. The van der Waals surface area contributed by atoms with Gasteiger partial charge < -0.3 is 14.8 Å². The lowest BCUT2D eigenvalue weighted by Crippen LogP contribution is -2.21. The second-order valence-corrected chi connectivity index (χ2v) is 5.96. The standard InChI is InChI=1S/C19H16N4O4/c1-2-26-18(25)9-16-12-7-13-15(8-14(12)21-17(10-24)27-16)22-23-19(13)11-3-5-20-6-4-11/h3-8,16,21H,2,9H2,1H3,(H,22,23). The maximum Gasteiger partial charge on any atom is 0.309 e. The summed E-state index contributed by atoms with van der Waals surface area (Å²) in [6.45, 7) is 2.02. The Bertz CT molecular complexity index is 1050. The summed E-state index contributed by atoms with van der Waals surface area (Å²) in [5, 5.41) is 11.1. The van der Waals surface area contributed by atoms with Crippen LogP contribution in [0.25, 0.3) is 22.2 Å². The van der Waals surface area contributed by atoms with Gasteiger partial charge in [-0.05, 0) is 31.2 Å². The summed E-state index contributed by atoms with van der Waals surface area (Å²) >= 11 is 0. The number of pyridine rings is 1. The zero-order valence-electron chi connectivity index (χ0n) is 14.5. The smallest absolute Gasteiger partial charge is 0.309 e. The highest BCUT2D eigenvalue weighted by atomic mass is 16.5. The average Bonchev–Trinajstić information content (AvgIpc) is 3.10. The van der Waals surface area contributed by atoms with Gasteiger partial charge in [0.1, 0.15) is 11.8 Å². The Morgan fingerprint density at radius 2 is 2.15 bits per heavy atom. The van der Waals surface area contributed by atoms with E-state index < -0.39 is 12.1 Å². The van der Waals surface area contributed by atoms with Crippen LogP contribution in [0.15, 0.2) is 42.5 Å². The van der Waals surface area contributed by atoms with E-state index in [-0.39, 0.29) is 18.9 Å². The van der Waals surface area contributed by atoms with E-state index in [4.69, 9.17) is 9.47 Å². The molecule has 27 heavy (non-hydrogen) atoms. The molecule has 1 unspecified atom stereocenters. The maximum atomic E-state index is 12.0. The highest BCUT2D eigenvalue weighted by Crippen LogP contribution is 2.39. The van der Waals surface area contributed by atoms with E-state index in [1.54, 1.807) is 25.3 Å². The molecule has 8 heteroatoms. The van der Waals surface area contributed by atoms with Crippen molar-refractivity contribution in [1.29, 1.82) is 0 Å². The van der Waals surface area contributed by atoms with Crippen LogP contribution in [0.2, 0.25) is 0 Å². The van der Waals surface area contributed by atoms with Crippen LogP contribution >= 0.6 is 0 Å². The van der Waals surface area contributed by atoms with Crippen molar-refractivity contribution in [3.8, 4) is 11.3 Å². The van der Waals surface area contributed by atoms with Crippen LogP contribution in [0.1, 0.15) is 25.0 Å². The molecule has 0 fully saturated rings. The van der Waals surface area contributed by atoms with Gasteiger partial charge in [0.05, 0.1) is 24.2 Å². The zero-order chi connectivity index (χ0) is 18.8. The van der Waals surface area contributed by atoms with Gasteiger partial charge in [0.25, 0.3) is 5.88 Å². The molecule has 0 aliphatic carbocycles. The molecule has 2 N–H and O–H groups in total. The van der Waals surface area contributed by atoms with Gasteiger partial charge in [-0.25, -0.2) is 4.79 Å². The SMILES string of the molecule is CCOC(=O)CC1OC(=C=O)Nc2cc3[nH]nc(-c4ccncc4)c3cc21. The van der Waals surface area contributed by atoms with Crippen molar-refractivity contribution < 1.29 is 19.1 Å². The Balaban J connectivity index is 1.81. The number of aromatic amines is 1. The lowest BCUT2D eigenvalue weighted by atomic mass is 9.98. The Morgan fingerprint density at radius 1 is 1.33 bits per heavy atom. The summed E-state index contributed by atoms with van der Waals surface area (Å²) < 4.78 is 10.6. The molecule has 0 bridgehead atoms. The number of aromatic nitrogens is 3. The van der Waals surface area contributed by atoms with Crippen molar-refractivity contribution in [1.82, 2.24) is 15.2 Å². The van der Waals surface area contributed by atoms with Gasteiger partial charge in [-0.15, -0.1) is 0 Å². The number of H-pyrrole nitrogens is 1. The van der Waals surface area contributed by atoms with Gasteiger partial charge in [-0.2, -0.15) is 5.10 Å². The molecule has 1 atom stereocenters. The van der Waals surface area contributed by atoms with E-state index in [1.807, 2.05) is 24.3 Å². The summed E-state index contributed by atoms with van der Waals surface area (Å²) in [4.78, 5) is 27.1. The fourth-order valence-electron chi connectivity index (χ4n) is 3.12. The van der Waals surface area contributed by atoms with Crippen LogP contribution in [0, 0.1) is 0 Å². The minimum atomic E-state index is -0.652. The van der Waals surface area contributed by atoms with Crippen LogP contribution < -0.4 is 5.32 Å². The summed E-state index contributed by atoms with van der Waals surface area (Å²) in [6.07, 6.45) is 2.73. The first kappa shape index (κ1) is 16.8. The van der Waals surface area contributed by atoms with E-state index in [2.05, 4.69) is 20.5 Å². The van der Waals surface area contributed by atoms with Crippen LogP contribution in [0.5, 0.6) is 0 Å². The van der Waals surface area contributed by atoms with Crippen LogP contribution in [0.4, 0.5) is 5.69 Å². The molecular formula is C19H16N4O4. The van der Waals surface area contributed by atoms with Crippen LogP contribution in [-0.4, -0.2) is 33.7 Å². The maximum absolute atomic E-state index is 12.0. The normalized spacial score (nSPS) is 15.4. The summed E-state index contributed by atoms with van der Waals surface area (Å²) in [6, 6.07) is 7.48. The largest absolute Gasteiger partial charge is 0.466 e. The van der Waals surface area contributed by atoms with Crippen molar-refractivity contribution in [3.63, 3.8) is 0 Å². The number of benzene rings is 1. The van der Waals surface area contributed by atoms with E-state index in [0.717, 1.165) is 27.7 Å². The molecule has 3 heterocycles. The molecule has 0 saturated carbocycles. The number of ether oxygens (including phenoxy) is 2. The quantitative estimate of drug-likeness (QED) is 0.541. The Hall–Kier alpha value is -3.64. The Labute approximate surface area is 154 Å². The summed E-state index contributed by atoms with van der Waals surface area (Å²) in [7, 11) is 0. The molecule has 3 aromatic rings. The third kappa shape index (κ3) is 3.14. The molecule has 0 spiro atoms. The topological polar surface area (TPSA) is 106 Å². The molecule has 1 aromatic carbocycles. The van der Waals surface area contributed by atoms with Gasteiger partial charge in [-0.3, -0.25) is 14.9 Å². The molecule has 0 radical (unpaired) electrons. The molecule has 8 nitrogen and oxygen atoms in total. The summed E-state index contributed by atoms with van der Waals surface area (Å²) in [5.74, 6) is 1.24. The Kier molecular flexibility index (Phi) is 4.32. The lowest BCUT2D eigenvalue weighted by Gasteiger charge is -2.27. The monoisotopic (exact) mass is 364 g/mol. The van der Waals surface area contributed by atoms with Crippen molar-refractivity contribution in [3.05, 3.63) is 48.1 Å². The number of fused-ring (bicyclic) bond motifs is 2. The van der Waals surface area contributed by atoms with Crippen molar-refractivity contribution in [2.45, 2.75) is 19.4 Å². The fraction of sp³-hybridized carbons (Fsp3) is 0.211. The molecule has 1 aliphatic rings. The van der Waals surface area contributed by atoms with Gasteiger partial charge in [0, 0.05) is 28.9 Å². The minimum Gasteiger partial charge on any atom is -0.466 e. The van der Waals surface area contributed by atoms with E-state index in [0.29, 0.717) is 5.69 Å². The van der Waals surface area contributed by atoms with Crippen molar-refractivity contribution in [2.24, 2.45) is 0 Å². The third-order valence-corrected chi connectivity index (χ3v) is 4.29. The predicted molar refractivity (Wildman–Crippen MR) is 97.2 cm³/mol. The molecule has 0 amide bonds. The minimum absolute atomic E-state index is 0.0123. The zero-order valence-corrected chi connectivity index (χ0v) is 14.5. The number of hydrogen-bond acceptors (Lipinski definition) is 7. The predicted octanol–water partition coefficient (Wildman–Crippen LogP) is 2.73. The van der Waals surface area contributed by atoms with Crippen LogP contribution in [0.3, 0.4) is 0 Å². The fourth-order valence-corrected chi connectivity index (χ4v) is 3.12. The van der Waals surface area contributed by atoms with Crippen LogP contribution in [-0.2, 0) is 19.1 Å². The number of esters is 1. The average molecular weight is 364 g/mol. The number of rotatable bonds is 4. The highest BCUT2D eigenvalue weighted by molar-refractivity contribution is 5.96. The first-order valence-electron chi connectivity index (χ1n) is 8.46. The number of anilines is 1. The van der Waals surface area contributed by atoms with Crippen molar-refractivity contribution in [2.75, 3.05) is 11.9 Å². The van der Waals surface area contributed by atoms with Crippen molar-refractivity contribution >= 4 is 28.5 Å². The second kappa shape index (κ2) is 6.93. The number of carbonyl (C=O) groups excluding carboxylic acids is 2. The van der Waals surface area contributed by atoms with Gasteiger partial charge in [0.15, 0.2) is 5.94 Å². The molecular weight excluding hydrogens is 348 g/mol. The molecule has 136 valence electrons. The second-order valence-electron chi connectivity index (χ2n) is 5.96. The number of carbonyl (C=O) groups is 1. The Morgan fingerprint density at radius 3 is 2.89 bits per heavy atom. The highest BCUT2D eigenvalue weighted by Gasteiger charge is 2.29. The number of nitrogens with zero attached hydrogens (tertiary/aromatic N) is 2. The lowest BCUT2D eigenvalue weighted by molar-refractivity contribution is -0.145. The number of nitrogens with one attached hydrogen (secondary N) is 2. The molecule has 4 rings (SSSR count). The van der Waals surface area contributed by atoms with E-state index in [9.17, 15) is 9.59 Å². The van der Waals surface area contributed by atoms with Gasteiger partial charge in [-0.1, -0.05) is 0 Å². The van der Waals surface area contributed by atoms with Gasteiger partial charge >= 0.3 is 5.97 Å². The van der Waals surface area contributed by atoms with Gasteiger partial charge in [0.2, 0.25) is 0 Å². The molecule has 0 saturated heterocycles. The molecule has 1 aliphatic heterocycles. The van der Waals surface area contributed by atoms with E-state index >= 15 is 0 Å². The summed E-state index contributed by atoms with van der Waals surface area (Å²) in [5.41, 5.74) is 3.87. The van der Waals surface area contributed by atoms with E-state index in [1.165, 1.54) is 0 Å². The first-order chi connectivity index (χ1) is 13.2.